The van der Waals surface area contributed by atoms with Crippen LogP contribution >= 0.6 is 11.6 Å². The maximum absolute atomic E-state index is 5.95. The Bertz CT molecular complexity index is 715. The first-order valence-electron chi connectivity index (χ1n) is 8.84. The average molecular weight is 379 g/mol. The van der Waals surface area contributed by atoms with Crippen LogP contribution in [0.5, 0.6) is 5.75 Å². The summed E-state index contributed by atoms with van der Waals surface area (Å²) in [4.78, 5) is 4.23. The molecule has 8 heteroatoms. The molecule has 1 heterocycles. The number of hydrogen-bond acceptors (Lipinski definition) is 4. The molecule has 26 heavy (non-hydrogen) atoms. The smallest absolute Gasteiger partial charge is 0.191 e. The molecule has 7 nitrogen and oxygen atoms in total. The molecule has 142 valence electrons. The van der Waals surface area contributed by atoms with Crippen molar-refractivity contribution in [2.45, 2.75) is 33.2 Å². The zero-order valence-corrected chi connectivity index (χ0v) is 16.4. The van der Waals surface area contributed by atoms with Crippen molar-refractivity contribution in [2.75, 3.05) is 26.7 Å². The van der Waals surface area contributed by atoms with E-state index in [0.717, 1.165) is 60.6 Å². The van der Waals surface area contributed by atoms with Gasteiger partial charge in [-0.2, -0.15) is 0 Å². The van der Waals surface area contributed by atoms with E-state index in [0.29, 0.717) is 6.61 Å². The van der Waals surface area contributed by atoms with Crippen LogP contribution in [-0.4, -0.2) is 47.5 Å². The number of aryl methyl sites for hydroxylation is 2. The second-order valence-corrected chi connectivity index (χ2v) is 6.27. The van der Waals surface area contributed by atoms with Crippen LogP contribution in [-0.2, 0) is 13.0 Å². The minimum atomic E-state index is 0.632. The molecule has 2 aromatic rings. The van der Waals surface area contributed by atoms with Crippen molar-refractivity contribution in [3.8, 4) is 5.75 Å². The number of aliphatic imine (C=N–C) groups is 1. The minimum absolute atomic E-state index is 0.632. The maximum Gasteiger partial charge on any atom is 0.191 e. The van der Waals surface area contributed by atoms with Crippen molar-refractivity contribution in [3.05, 3.63) is 40.9 Å². The number of nitrogens with one attached hydrogen (secondary N) is 2. The first-order chi connectivity index (χ1) is 12.6. The van der Waals surface area contributed by atoms with E-state index in [-0.39, 0.29) is 0 Å². The van der Waals surface area contributed by atoms with Crippen LogP contribution in [0.3, 0.4) is 0 Å². The van der Waals surface area contributed by atoms with Crippen LogP contribution in [0.1, 0.15) is 24.7 Å². The molecule has 0 aliphatic rings. The summed E-state index contributed by atoms with van der Waals surface area (Å²) in [5.74, 6) is 2.64. The van der Waals surface area contributed by atoms with Gasteiger partial charge in [0.1, 0.15) is 17.9 Å². The third-order valence-corrected chi connectivity index (χ3v) is 4.12. The van der Waals surface area contributed by atoms with Gasteiger partial charge in [-0.15, -0.1) is 10.2 Å². The molecule has 0 atom stereocenters. The molecule has 0 saturated carbocycles. The van der Waals surface area contributed by atoms with Gasteiger partial charge in [0.2, 0.25) is 0 Å². The van der Waals surface area contributed by atoms with Crippen LogP contribution in [0.2, 0.25) is 5.02 Å². The Morgan fingerprint density at radius 2 is 2.12 bits per heavy atom. The number of guanidine groups is 1. The molecule has 2 rings (SSSR count). The summed E-state index contributed by atoms with van der Waals surface area (Å²) in [6, 6.07) is 5.65. The third kappa shape index (κ3) is 6.22. The normalized spacial score (nSPS) is 11.5. The monoisotopic (exact) mass is 378 g/mol. The van der Waals surface area contributed by atoms with E-state index < -0.39 is 0 Å². The number of aromatic nitrogens is 3. The van der Waals surface area contributed by atoms with Crippen molar-refractivity contribution < 1.29 is 4.74 Å². The molecule has 0 unspecified atom stereocenters. The second-order valence-electron chi connectivity index (χ2n) is 5.83. The zero-order valence-electron chi connectivity index (χ0n) is 15.6. The lowest BCUT2D eigenvalue weighted by atomic mass is 10.2. The first-order valence-corrected chi connectivity index (χ1v) is 9.22. The highest BCUT2D eigenvalue weighted by molar-refractivity contribution is 6.30. The molecule has 1 aromatic heterocycles. The first kappa shape index (κ1) is 20.0. The Balaban J connectivity index is 1.62. The Morgan fingerprint density at radius 1 is 1.31 bits per heavy atom. The van der Waals surface area contributed by atoms with E-state index in [1.54, 1.807) is 13.4 Å². The van der Waals surface area contributed by atoms with Gasteiger partial charge in [0.15, 0.2) is 5.96 Å². The van der Waals surface area contributed by atoms with Crippen molar-refractivity contribution in [1.29, 1.82) is 0 Å². The number of ether oxygens (including phenoxy) is 1. The van der Waals surface area contributed by atoms with Crippen molar-refractivity contribution in [1.82, 2.24) is 25.4 Å². The number of halogens is 1. The standard InChI is InChI=1S/C18H27ClN6O/c1-4-17-24-23-13-25(17)10-9-22-18(20-3)21-8-5-11-26-16-7-6-15(19)12-14(16)2/h6-7,12-13H,4-5,8-11H2,1-3H3,(H2,20,21,22). The van der Waals surface area contributed by atoms with E-state index >= 15 is 0 Å². The highest BCUT2D eigenvalue weighted by Crippen LogP contribution is 2.21. The summed E-state index contributed by atoms with van der Waals surface area (Å²) < 4.78 is 7.83. The van der Waals surface area contributed by atoms with Gasteiger partial charge in [0, 0.05) is 38.1 Å². The van der Waals surface area contributed by atoms with Crippen LogP contribution in [0.4, 0.5) is 0 Å². The molecule has 0 bridgehead atoms. The fraction of sp³-hybridized carbons (Fsp3) is 0.500. The van der Waals surface area contributed by atoms with E-state index in [4.69, 9.17) is 16.3 Å². The van der Waals surface area contributed by atoms with E-state index in [1.165, 1.54) is 0 Å². The van der Waals surface area contributed by atoms with Crippen molar-refractivity contribution in [3.63, 3.8) is 0 Å². The van der Waals surface area contributed by atoms with E-state index in [2.05, 4.69) is 32.7 Å². The Labute approximate surface area is 159 Å². The summed E-state index contributed by atoms with van der Waals surface area (Å²) in [6.07, 6.45) is 3.50. The molecule has 1 aromatic carbocycles. The molecule has 2 N–H and O–H groups in total. The lowest BCUT2D eigenvalue weighted by Gasteiger charge is -2.13. The Kier molecular flexibility index (Phi) is 8.21. The van der Waals surface area contributed by atoms with E-state index in [9.17, 15) is 0 Å². The summed E-state index contributed by atoms with van der Waals surface area (Å²) in [5.41, 5.74) is 1.04. The average Bonchev–Trinajstić information content (AvgIpc) is 3.09. The minimum Gasteiger partial charge on any atom is -0.493 e. The van der Waals surface area contributed by atoms with Gasteiger partial charge in [0.05, 0.1) is 6.61 Å². The fourth-order valence-electron chi connectivity index (χ4n) is 2.49. The molecule has 0 fully saturated rings. The molecule has 0 aliphatic carbocycles. The van der Waals surface area contributed by atoms with Gasteiger partial charge < -0.3 is 19.9 Å². The number of nitrogens with zero attached hydrogens (tertiary/aromatic N) is 4. The number of hydrogen-bond donors (Lipinski definition) is 2. The predicted octanol–water partition coefficient (Wildman–Crippen LogP) is 2.44. The van der Waals surface area contributed by atoms with Gasteiger partial charge in [-0.1, -0.05) is 18.5 Å². The molecule has 0 saturated heterocycles. The van der Waals surface area contributed by atoms with Crippen molar-refractivity contribution in [2.24, 2.45) is 4.99 Å². The van der Waals surface area contributed by atoms with Gasteiger partial charge in [-0.3, -0.25) is 4.99 Å². The quantitative estimate of drug-likeness (QED) is 0.398. The highest BCUT2D eigenvalue weighted by Gasteiger charge is 2.03. The third-order valence-electron chi connectivity index (χ3n) is 3.89. The molecule has 0 aliphatic heterocycles. The largest absolute Gasteiger partial charge is 0.493 e. The van der Waals surface area contributed by atoms with Crippen LogP contribution < -0.4 is 15.4 Å². The van der Waals surface area contributed by atoms with Crippen LogP contribution in [0, 0.1) is 6.92 Å². The van der Waals surface area contributed by atoms with Gasteiger partial charge in [0.25, 0.3) is 0 Å². The summed E-state index contributed by atoms with van der Waals surface area (Å²) in [6.45, 7) is 7.03. The molecular weight excluding hydrogens is 352 g/mol. The number of rotatable bonds is 9. The second kappa shape index (κ2) is 10.7. The van der Waals surface area contributed by atoms with Crippen LogP contribution in [0.25, 0.3) is 0 Å². The molecule has 0 spiro atoms. The number of benzene rings is 1. The molecule has 0 radical (unpaired) electrons. The summed E-state index contributed by atoms with van der Waals surface area (Å²) in [5, 5.41) is 15.3. The van der Waals surface area contributed by atoms with Gasteiger partial charge in [-0.05, 0) is 37.1 Å². The topological polar surface area (TPSA) is 76.4 Å². The molecular formula is C18H27ClN6O. The maximum atomic E-state index is 5.95. The lowest BCUT2D eigenvalue weighted by molar-refractivity contribution is 0.309. The summed E-state index contributed by atoms with van der Waals surface area (Å²) >= 11 is 5.95. The highest BCUT2D eigenvalue weighted by atomic mass is 35.5. The Morgan fingerprint density at radius 3 is 2.85 bits per heavy atom. The lowest BCUT2D eigenvalue weighted by Crippen LogP contribution is -2.39. The summed E-state index contributed by atoms with van der Waals surface area (Å²) in [7, 11) is 1.76. The Hall–Kier alpha value is -2.28. The predicted molar refractivity (Wildman–Crippen MR) is 105 cm³/mol. The fourth-order valence-corrected chi connectivity index (χ4v) is 2.72. The van der Waals surface area contributed by atoms with E-state index in [1.807, 2.05) is 29.7 Å². The zero-order chi connectivity index (χ0) is 18.8. The van der Waals surface area contributed by atoms with Gasteiger partial charge >= 0.3 is 0 Å². The van der Waals surface area contributed by atoms with Crippen molar-refractivity contribution >= 4 is 17.6 Å². The van der Waals surface area contributed by atoms with Gasteiger partial charge in [-0.25, -0.2) is 0 Å². The SMILES string of the molecule is CCc1nncn1CCNC(=NC)NCCCOc1ccc(Cl)cc1C. The van der Waals surface area contributed by atoms with Crippen LogP contribution in [0.15, 0.2) is 29.5 Å². The molecule has 0 amide bonds.